The summed E-state index contributed by atoms with van der Waals surface area (Å²) in [6, 6.07) is 0.413. The second kappa shape index (κ2) is 8.15. The first-order valence-electron chi connectivity index (χ1n) is 7.33. The van der Waals surface area contributed by atoms with Gasteiger partial charge in [0, 0.05) is 44.6 Å². The summed E-state index contributed by atoms with van der Waals surface area (Å²) in [5, 5.41) is 6.10. The number of hydrogen-bond donors (Lipinski definition) is 2. The highest BCUT2D eigenvalue weighted by atomic mass is 16.2. The summed E-state index contributed by atoms with van der Waals surface area (Å²) in [6.45, 7) is 8.90. The van der Waals surface area contributed by atoms with E-state index < -0.39 is 0 Å². The number of piperidine rings is 1. The smallest absolute Gasteiger partial charge is 0.223 e. The summed E-state index contributed by atoms with van der Waals surface area (Å²) in [4.78, 5) is 25.6. The molecule has 0 atom stereocenters. The van der Waals surface area contributed by atoms with Crippen LogP contribution in [0.15, 0.2) is 0 Å². The van der Waals surface area contributed by atoms with Gasteiger partial charge in [0.25, 0.3) is 0 Å². The van der Waals surface area contributed by atoms with Crippen molar-refractivity contribution < 1.29 is 9.59 Å². The van der Waals surface area contributed by atoms with Crippen LogP contribution in [0, 0.1) is 5.92 Å². The zero-order chi connectivity index (χ0) is 14.3. The van der Waals surface area contributed by atoms with Gasteiger partial charge in [0.1, 0.15) is 0 Å². The van der Waals surface area contributed by atoms with Crippen molar-refractivity contribution in [3.05, 3.63) is 0 Å². The fourth-order valence-electron chi connectivity index (χ4n) is 2.34. The Labute approximate surface area is 116 Å². The zero-order valence-electron chi connectivity index (χ0n) is 12.4. The van der Waals surface area contributed by atoms with Gasteiger partial charge in [0.2, 0.25) is 11.8 Å². The minimum atomic E-state index is 0.0813. The molecule has 19 heavy (non-hydrogen) atoms. The van der Waals surface area contributed by atoms with Crippen molar-refractivity contribution in [2.24, 2.45) is 5.92 Å². The Balaban J connectivity index is 2.25. The number of rotatable bonds is 6. The molecule has 1 heterocycles. The predicted octanol–water partition coefficient (Wildman–Crippen LogP) is 0.749. The van der Waals surface area contributed by atoms with Crippen LogP contribution in [0.3, 0.4) is 0 Å². The Morgan fingerprint density at radius 3 is 2.42 bits per heavy atom. The molecular formula is C14H27N3O2. The molecule has 0 aromatic heterocycles. The lowest BCUT2D eigenvalue weighted by Crippen LogP contribution is -2.43. The van der Waals surface area contributed by atoms with Gasteiger partial charge in [-0.2, -0.15) is 0 Å². The van der Waals surface area contributed by atoms with E-state index in [1.165, 1.54) is 0 Å². The molecule has 0 unspecified atom stereocenters. The molecule has 0 aliphatic carbocycles. The fraction of sp³-hybridized carbons (Fsp3) is 0.857. The summed E-state index contributed by atoms with van der Waals surface area (Å²) in [5.41, 5.74) is 0. The van der Waals surface area contributed by atoms with Gasteiger partial charge < -0.3 is 15.5 Å². The Hall–Kier alpha value is -1.10. The molecule has 110 valence electrons. The molecule has 0 saturated carbocycles. The summed E-state index contributed by atoms with van der Waals surface area (Å²) in [6.07, 6.45) is 2.12. The summed E-state index contributed by atoms with van der Waals surface area (Å²) in [7, 11) is 0. The van der Waals surface area contributed by atoms with Crippen molar-refractivity contribution in [1.29, 1.82) is 0 Å². The number of nitrogens with one attached hydrogen (secondary N) is 2. The van der Waals surface area contributed by atoms with E-state index in [0.29, 0.717) is 32.1 Å². The number of amides is 2. The van der Waals surface area contributed by atoms with E-state index in [2.05, 4.69) is 24.5 Å². The third-order valence-electron chi connectivity index (χ3n) is 3.46. The molecule has 5 nitrogen and oxygen atoms in total. The van der Waals surface area contributed by atoms with Gasteiger partial charge >= 0.3 is 0 Å². The van der Waals surface area contributed by atoms with Crippen molar-refractivity contribution in [2.75, 3.05) is 26.2 Å². The Morgan fingerprint density at radius 1 is 1.26 bits per heavy atom. The normalized spacial score (nSPS) is 16.7. The predicted molar refractivity (Wildman–Crippen MR) is 75.7 cm³/mol. The van der Waals surface area contributed by atoms with Crippen LogP contribution in [0.5, 0.6) is 0 Å². The van der Waals surface area contributed by atoms with Crippen molar-refractivity contribution in [3.63, 3.8) is 0 Å². The van der Waals surface area contributed by atoms with Crippen LogP contribution in [-0.4, -0.2) is 48.9 Å². The minimum Gasteiger partial charge on any atom is -0.356 e. The van der Waals surface area contributed by atoms with E-state index in [1.54, 1.807) is 0 Å². The second-order valence-electron chi connectivity index (χ2n) is 5.41. The average molecular weight is 269 g/mol. The number of nitrogens with zero attached hydrogens (tertiary/aromatic N) is 1. The fourth-order valence-corrected chi connectivity index (χ4v) is 2.34. The number of hydrogen-bond acceptors (Lipinski definition) is 3. The van der Waals surface area contributed by atoms with Crippen LogP contribution in [-0.2, 0) is 9.59 Å². The molecule has 2 N–H and O–H groups in total. The van der Waals surface area contributed by atoms with Gasteiger partial charge in [-0.15, -0.1) is 0 Å². The van der Waals surface area contributed by atoms with Gasteiger partial charge in [-0.3, -0.25) is 9.59 Å². The lowest BCUT2D eigenvalue weighted by atomic mass is 9.95. The Bertz CT molecular complexity index is 297. The molecule has 1 rings (SSSR count). The Morgan fingerprint density at radius 2 is 1.89 bits per heavy atom. The molecule has 1 fully saturated rings. The molecular weight excluding hydrogens is 242 g/mol. The summed E-state index contributed by atoms with van der Waals surface area (Å²) in [5.74, 6) is 0.413. The first-order chi connectivity index (χ1) is 9.04. The van der Waals surface area contributed by atoms with E-state index in [0.717, 1.165) is 19.4 Å². The molecule has 0 bridgehead atoms. The van der Waals surface area contributed by atoms with Crippen LogP contribution in [0.4, 0.5) is 0 Å². The highest BCUT2D eigenvalue weighted by molar-refractivity contribution is 5.80. The van der Waals surface area contributed by atoms with Crippen molar-refractivity contribution in [1.82, 2.24) is 15.5 Å². The average Bonchev–Trinajstić information content (AvgIpc) is 2.38. The van der Waals surface area contributed by atoms with Gasteiger partial charge in [-0.25, -0.2) is 0 Å². The third-order valence-corrected chi connectivity index (χ3v) is 3.46. The largest absolute Gasteiger partial charge is 0.356 e. The van der Waals surface area contributed by atoms with E-state index in [1.807, 2.05) is 11.8 Å². The van der Waals surface area contributed by atoms with Crippen molar-refractivity contribution in [2.45, 2.75) is 46.1 Å². The maximum absolute atomic E-state index is 12.0. The molecule has 0 aromatic carbocycles. The van der Waals surface area contributed by atoms with Crippen LogP contribution in [0.2, 0.25) is 0 Å². The SMILES string of the molecule is CCNC(=O)C1CCN(C(=O)CCNC(C)C)CC1. The monoisotopic (exact) mass is 269 g/mol. The lowest BCUT2D eigenvalue weighted by molar-refractivity contribution is -0.135. The minimum absolute atomic E-state index is 0.0813. The first-order valence-corrected chi connectivity index (χ1v) is 7.33. The zero-order valence-corrected chi connectivity index (χ0v) is 12.4. The van der Waals surface area contributed by atoms with Crippen LogP contribution in [0.1, 0.15) is 40.0 Å². The quantitative estimate of drug-likeness (QED) is 0.748. The van der Waals surface area contributed by atoms with Crippen molar-refractivity contribution >= 4 is 11.8 Å². The summed E-state index contributed by atoms with van der Waals surface area (Å²) >= 11 is 0. The van der Waals surface area contributed by atoms with Gasteiger partial charge in [0.05, 0.1) is 0 Å². The number of carbonyl (C=O) groups is 2. The maximum atomic E-state index is 12.0. The van der Waals surface area contributed by atoms with E-state index in [4.69, 9.17) is 0 Å². The third kappa shape index (κ3) is 5.59. The van der Waals surface area contributed by atoms with E-state index in [-0.39, 0.29) is 17.7 Å². The molecule has 2 amide bonds. The number of likely N-dealkylation sites (tertiary alicyclic amines) is 1. The lowest BCUT2D eigenvalue weighted by Gasteiger charge is -2.31. The van der Waals surface area contributed by atoms with E-state index in [9.17, 15) is 9.59 Å². The molecule has 1 aliphatic heterocycles. The van der Waals surface area contributed by atoms with Gasteiger partial charge in [0.15, 0.2) is 0 Å². The highest BCUT2D eigenvalue weighted by Gasteiger charge is 2.26. The van der Waals surface area contributed by atoms with Gasteiger partial charge in [-0.1, -0.05) is 13.8 Å². The molecule has 5 heteroatoms. The standard InChI is InChI=1S/C14H27N3O2/c1-4-15-14(19)12-6-9-17(10-7-12)13(18)5-8-16-11(2)3/h11-12,16H,4-10H2,1-3H3,(H,15,19). The van der Waals surface area contributed by atoms with Crippen molar-refractivity contribution in [3.8, 4) is 0 Å². The number of carbonyl (C=O) groups excluding carboxylic acids is 2. The molecule has 0 radical (unpaired) electrons. The molecule has 0 aromatic rings. The van der Waals surface area contributed by atoms with Crippen LogP contribution >= 0.6 is 0 Å². The van der Waals surface area contributed by atoms with Crippen LogP contribution in [0.25, 0.3) is 0 Å². The highest BCUT2D eigenvalue weighted by Crippen LogP contribution is 2.17. The summed E-state index contributed by atoms with van der Waals surface area (Å²) < 4.78 is 0. The topological polar surface area (TPSA) is 61.4 Å². The van der Waals surface area contributed by atoms with Crippen LogP contribution < -0.4 is 10.6 Å². The second-order valence-corrected chi connectivity index (χ2v) is 5.41. The maximum Gasteiger partial charge on any atom is 0.223 e. The van der Waals surface area contributed by atoms with Gasteiger partial charge in [-0.05, 0) is 19.8 Å². The molecule has 1 saturated heterocycles. The first kappa shape index (κ1) is 16.0. The van der Waals surface area contributed by atoms with E-state index >= 15 is 0 Å². The Kier molecular flexibility index (Phi) is 6.84. The molecule has 0 spiro atoms. The molecule has 1 aliphatic rings.